The minimum Gasteiger partial charge on any atom is -0.507 e. The molecule has 0 saturated heterocycles. The van der Waals surface area contributed by atoms with Gasteiger partial charge in [0, 0.05) is 18.0 Å². The van der Waals surface area contributed by atoms with Crippen LogP contribution in [-0.2, 0) is 0 Å². The van der Waals surface area contributed by atoms with E-state index in [-0.39, 0.29) is 5.75 Å². The number of hydrogen-bond donors (Lipinski definition) is 1. The second-order valence-electron chi connectivity index (χ2n) is 4.59. The Balaban J connectivity index is 2.05. The Bertz CT molecular complexity index is 892. The Kier molecular flexibility index (Phi) is 4.59. The van der Waals surface area contributed by atoms with Gasteiger partial charge in [-0.25, -0.2) is 4.68 Å². The van der Waals surface area contributed by atoms with Crippen LogP contribution in [0.25, 0.3) is 10.6 Å². The molecule has 0 radical (unpaired) electrons. The molecule has 0 aliphatic carbocycles. The molecule has 2 heterocycles. The molecule has 23 heavy (non-hydrogen) atoms. The number of rotatable bonds is 4. The van der Waals surface area contributed by atoms with E-state index < -0.39 is 0 Å². The first-order chi connectivity index (χ1) is 11.2. The average Bonchev–Trinajstić information content (AvgIpc) is 3.22. The predicted octanol–water partition coefficient (Wildman–Crippen LogP) is 3.41. The Morgan fingerprint density at radius 2 is 2.13 bits per heavy atom. The molecule has 7 heteroatoms. The second kappa shape index (κ2) is 6.80. The monoisotopic (exact) mass is 345 g/mol. The first kappa shape index (κ1) is 15.5. The molecule has 118 valence electrons. The molecule has 0 unspecified atom stereocenters. The number of nitrogens with zero attached hydrogens (tertiary/aromatic N) is 3. The van der Waals surface area contributed by atoms with E-state index in [1.807, 2.05) is 22.9 Å². The van der Waals surface area contributed by atoms with Crippen LogP contribution in [-0.4, -0.2) is 30.2 Å². The molecular formula is C16H15N3O2S2. The maximum atomic E-state index is 9.96. The summed E-state index contributed by atoms with van der Waals surface area (Å²) in [6, 6.07) is 9.07. The van der Waals surface area contributed by atoms with Gasteiger partial charge in [0.15, 0.2) is 0 Å². The number of thiazole rings is 1. The van der Waals surface area contributed by atoms with Crippen molar-refractivity contribution >= 4 is 28.9 Å². The molecule has 1 N–H and O–H groups in total. The number of benzene rings is 1. The first-order valence-electron chi connectivity index (χ1n) is 6.81. The zero-order valence-electron chi connectivity index (χ0n) is 12.6. The maximum Gasteiger partial charge on any atom is 0.205 e. The van der Waals surface area contributed by atoms with E-state index in [4.69, 9.17) is 4.74 Å². The number of methoxy groups -OCH3 is 1. The highest BCUT2D eigenvalue weighted by molar-refractivity contribution is 7.14. The zero-order valence-corrected chi connectivity index (χ0v) is 14.3. The highest BCUT2D eigenvalue weighted by atomic mass is 32.1. The Morgan fingerprint density at radius 3 is 2.83 bits per heavy atom. The largest absolute Gasteiger partial charge is 0.507 e. The van der Waals surface area contributed by atoms with Gasteiger partial charge in [-0.1, -0.05) is 6.07 Å². The second-order valence-corrected chi connectivity index (χ2v) is 6.37. The zero-order chi connectivity index (χ0) is 16.2. The summed E-state index contributed by atoms with van der Waals surface area (Å²) in [7, 11) is 3.32. The highest BCUT2D eigenvalue weighted by Gasteiger charge is 2.08. The summed E-state index contributed by atoms with van der Waals surface area (Å²) in [6.07, 6.45) is 1.61. The van der Waals surface area contributed by atoms with Crippen molar-refractivity contribution in [3.63, 3.8) is 0 Å². The number of aromatic nitrogens is 1. The maximum absolute atomic E-state index is 9.96. The van der Waals surface area contributed by atoms with Gasteiger partial charge in [0.1, 0.15) is 11.5 Å². The van der Waals surface area contributed by atoms with Crippen molar-refractivity contribution < 1.29 is 9.84 Å². The molecule has 0 bridgehead atoms. The van der Waals surface area contributed by atoms with Crippen molar-refractivity contribution in [1.29, 1.82) is 0 Å². The van der Waals surface area contributed by atoms with Crippen LogP contribution in [0.4, 0.5) is 0 Å². The molecule has 1 aromatic carbocycles. The molecule has 3 rings (SSSR count). The van der Waals surface area contributed by atoms with Gasteiger partial charge < -0.3 is 9.84 Å². The fraction of sp³-hybridized carbons (Fsp3) is 0.125. The Morgan fingerprint density at radius 1 is 1.26 bits per heavy atom. The van der Waals surface area contributed by atoms with Crippen molar-refractivity contribution in [1.82, 2.24) is 4.68 Å². The van der Waals surface area contributed by atoms with Crippen molar-refractivity contribution in [2.75, 3.05) is 14.2 Å². The third kappa shape index (κ3) is 3.20. The van der Waals surface area contributed by atoms with Crippen molar-refractivity contribution in [2.24, 2.45) is 10.1 Å². The van der Waals surface area contributed by atoms with Gasteiger partial charge in [-0.3, -0.25) is 4.99 Å². The lowest BCUT2D eigenvalue weighted by atomic mass is 10.2. The van der Waals surface area contributed by atoms with Crippen molar-refractivity contribution in [3.8, 4) is 22.1 Å². The average molecular weight is 345 g/mol. The SMILES string of the molecule is CN=c1scc(-c2cccs2)n1N=Cc1cc(OC)ccc1O. The standard InChI is InChI=1S/C16H15N3O2S2/c1-17-16-19(13(10-23-16)15-4-3-7-22-15)18-9-11-8-12(21-2)5-6-14(11)20/h3-10,20H,1-2H3. The molecule has 0 aliphatic heterocycles. The van der Waals surface area contributed by atoms with Crippen LogP contribution in [0, 0.1) is 0 Å². The van der Waals surface area contributed by atoms with Crippen LogP contribution < -0.4 is 9.54 Å². The van der Waals surface area contributed by atoms with Gasteiger partial charge in [-0.2, -0.15) is 5.10 Å². The topological polar surface area (TPSA) is 59.1 Å². The summed E-state index contributed by atoms with van der Waals surface area (Å²) >= 11 is 3.17. The molecule has 0 atom stereocenters. The summed E-state index contributed by atoms with van der Waals surface area (Å²) in [5.41, 5.74) is 1.56. The summed E-state index contributed by atoms with van der Waals surface area (Å²) in [6.45, 7) is 0. The third-order valence-electron chi connectivity index (χ3n) is 3.20. The van der Waals surface area contributed by atoms with Crippen molar-refractivity contribution in [3.05, 3.63) is 51.5 Å². The van der Waals surface area contributed by atoms with Crippen LogP contribution in [0.15, 0.2) is 51.2 Å². The van der Waals surface area contributed by atoms with Crippen LogP contribution in [0.1, 0.15) is 5.56 Å². The number of ether oxygens (including phenoxy) is 1. The number of phenols is 1. The molecule has 0 amide bonds. The fourth-order valence-corrected chi connectivity index (χ4v) is 3.64. The van der Waals surface area contributed by atoms with Gasteiger partial charge in [0.25, 0.3) is 0 Å². The molecule has 0 saturated carbocycles. The number of aromatic hydroxyl groups is 1. The molecule has 0 aliphatic rings. The van der Waals surface area contributed by atoms with E-state index in [1.54, 1.807) is 54.6 Å². The van der Waals surface area contributed by atoms with E-state index in [0.717, 1.165) is 15.4 Å². The van der Waals surface area contributed by atoms with Crippen LogP contribution in [0.2, 0.25) is 0 Å². The molecule has 0 fully saturated rings. The third-order valence-corrected chi connectivity index (χ3v) is 5.00. The molecule has 0 spiro atoms. The minimum absolute atomic E-state index is 0.151. The lowest BCUT2D eigenvalue weighted by Gasteiger charge is -2.04. The molecule has 5 nitrogen and oxygen atoms in total. The quantitative estimate of drug-likeness (QED) is 0.737. The normalized spacial score (nSPS) is 12.2. The minimum atomic E-state index is 0.151. The van der Waals surface area contributed by atoms with Gasteiger partial charge in [-0.05, 0) is 29.6 Å². The first-order valence-corrected chi connectivity index (χ1v) is 8.57. The van der Waals surface area contributed by atoms with Crippen LogP contribution in [0.5, 0.6) is 11.5 Å². The lowest BCUT2D eigenvalue weighted by molar-refractivity contribution is 0.412. The highest BCUT2D eigenvalue weighted by Crippen LogP contribution is 2.25. The Labute approximate surface area is 141 Å². The van der Waals surface area contributed by atoms with Crippen LogP contribution >= 0.6 is 22.7 Å². The Hall–Kier alpha value is -2.38. The van der Waals surface area contributed by atoms with Gasteiger partial charge >= 0.3 is 0 Å². The molecular weight excluding hydrogens is 330 g/mol. The number of thiophene rings is 1. The predicted molar refractivity (Wildman–Crippen MR) is 94.8 cm³/mol. The van der Waals surface area contributed by atoms with E-state index in [1.165, 1.54) is 11.3 Å². The van der Waals surface area contributed by atoms with E-state index in [0.29, 0.717) is 11.3 Å². The van der Waals surface area contributed by atoms with E-state index >= 15 is 0 Å². The fourth-order valence-electron chi connectivity index (χ4n) is 2.04. The van der Waals surface area contributed by atoms with Gasteiger partial charge in [-0.15, -0.1) is 22.7 Å². The van der Waals surface area contributed by atoms with Crippen molar-refractivity contribution in [2.45, 2.75) is 0 Å². The lowest BCUT2D eigenvalue weighted by Crippen LogP contribution is -2.11. The summed E-state index contributed by atoms with van der Waals surface area (Å²) in [5.74, 6) is 0.816. The summed E-state index contributed by atoms with van der Waals surface area (Å²) < 4.78 is 6.95. The summed E-state index contributed by atoms with van der Waals surface area (Å²) in [4.78, 5) is 6.15. The van der Waals surface area contributed by atoms with Gasteiger partial charge in [0.2, 0.25) is 4.80 Å². The van der Waals surface area contributed by atoms with Gasteiger partial charge in [0.05, 0.1) is 23.9 Å². The van der Waals surface area contributed by atoms with Crippen LogP contribution in [0.3, 0.4) is 0 Å². The number of hydrogen-bond acceptors (Lipinski definition) is 6. The molecule has 2 aromatic heterocycles. The smallest absolute Gasteiger partial charge is 0.205 e. The van der Waals surface area contributed by atoms with E-state index in [9.17, 15) is 5.11 Å². The number of phenolic OH excluding ortho intramolecular Hbond substituents is 1. The summed E-state index contributed by atoms with van der Waals surface area (Å²) in [5, 5.41) is 18.5. The molecule has 3 aromatic rings. The van der Waals surface area contributed by atoms with E-state index in [2.05, 4.69) is 10.1 Å².